The second-order valence-corrected chi connectivity index (χ2v) is 8.29. The first-order valence-corrected chi connectivity index (χ1v) is 11.6. The number of hydrogen-bond donors (Lipinski definition) is 0. The summed E-state index contributed by atoms with van der Waals surface area (Å²) in [5.41, 5.74) is 0. The van der Waals surface area contributed by atoms with E-state index in [1.54, 1.807) is 21.3 Å². The minimum atomic E-state index is -3.31. The van der Waals surface area contributed by atoms with Crippen LogP contribution in [0.25, 0.3) is 0 Å². The fourth-order valence-corrected chi connectivity index (χ4v) is 5.37. The Morgan fingerprint density at radius 3 is 0.929 bits per heavy atom. The zero-order valence-electron chi connectivity index (χ0n) is 15.8. The van der Waals surface area contributed by atoms with Gasteiger partial charge in [0.15, 0.2) is 0 Å². The van der Waals surface area contributed by atoms with Gasteiger partial charge in [-0.05, 0) is 0 Å². The quantitative estimate of drug-likeness (QED) is 0.418. The predicted octanol–water partition coefficient (Wildman–Crippen LogP) is 4.23. The number of benzene rings is 3. The Hall–Kier alpha value is -2.72. The van der Waals surface area contributed by atoms with Crippen LogP contribution in [0.1, 0.15) is 0 Å². The molecule has 0 amide bonds. The molecule has 7 heteroatoms. The Morgan fingerprint density at radius 2 is 0.679 bits per heavy atom. The summed E-state index contributed by atoms with van der Waals surface area (Å²) in [4.78, 5) is 0. The third kappa shape index (κ3) is 4.96. The fourth-order valence-electron chi connectivity index (χ4n) is 2.38. The average Bonchev–Trinajstić information content (AvgIpc) is 2.75. The van der Waals surface area contributed by atoms with Crippen molar-refractivity contribution in [2.75, 3.05) is 21.3 Å². The number of rotatable bonds is 9. The Balaban J connectivity index is 1.91. The molecule has 0 bridgehead atoms. The van der Waals surface area contributed by atoms with Crippen molar-refractivity contribution < 1.29 is 23.3 Å². The molecule has 0 unspecified atom stereocenters. The maximum absolute atomic E-state index is 6.15. The minimum absolute atomic E-state index is 0.554. The molecule has 28 heavy (non-hydrogen) atoms. The third-order valence-corrected chi connectivity index (χ3v) is 6.69. The zero-order valence-corrected chi connectivity index (χ0v) is 18.4. The normalized spacial score (nSPS) is 10.3. The Labute approximate surface area is 173 Å². The molecular formula is C21H21O6Sb. The number of ether oxygens (including phenoxy) is 3. The van der Waals surface area contributed by atoms with Crippen LogP contribution in [0.5, 0.6) is 34.5 Å². The Kier molecular flexibility index (Phi) is 7.15. The van der Waals surface area contributed by atoms with Gasteiger partial charge in [-0.3, -0.25) is 0 Å². The molecule has 0 aliphatic rings. The summed E-state index contributed by atoms with van der Waals surface area (Å²) in [7, 11) is 4.77. The van der Waals surface area contributed by atoms with E-state index < -0.39 is 21.5 Å². The zero-order chi connectivity index (χ0) is 19.8. The van der Waals surface area contributed by atoms with Gasteiger partial charge in [0.1, 0.15) is 0 Å². The molecule has 3 aromatic carbocycles. The van der Waals surface area contributed by atoms with E-state index >= 15 is 0 Å². The van der Waals surface area contributed by atoms with Crippen LogP contribution >= 0.6 is 0 Å². The van der Waals surface area contributed by atoms with Gasteiger partial charge in [-0.1, -0.05) is 0 Å². The molecule has 0 heterocycles. The van der Waals surface area contributed by atoms with Gasteiger partial charge in [-0.15, -0.1) is 0 Å². The van der Waals surface area contributed by atoms with Crippen LogP contribution in [0.15, 0.2) is 72.8 Å². The van der Waals surface area contributed by atoms with Crippen molar-refractivity contribution in [3.8, 4) is 34.5 Å². The van der Waals surface area contributed by atoms with Gasteiger partial charge in [0.25, 0.3) is 0 Å². The summed E-state index contributed by atoms with van der Waals surface area (Å²) in [5.74, 6) is 3.46. The van der Waals surface area contributed by atoms with Gasteiger partial charge in [0.05, 0.1) is 0 Å². The Bertz CT molecular complexity index is 784. The predicted molar refractivity (Wildman–Crippen MR) is 107 cm³/mol. The van der Waals surface area contributed by atoms with Crippen LogP contribution in [0.4, 0.5) is 0 Å². The SMILES string of the molecule is COc1ccccc1[O][Sb]([O]c1ccccc1OC)[O]c1ccccc1OC. The van der Waals surface area contributed by atoms with Gasteiger partial charge in [-0.2, -0.15) is 0 Å². The van der Waals surface area contributed by atoms with Gasteiger partial charge < -0.3 is 0 Å². The van der Waals surface area contributed by atoms with Crippen molar-refractivity contribution in [1.82, 2.24) is 0 Å². The van der Waals surface area contributed by atoms with Crippen LogP contribution in [0.3, 0.4) is 0 Å². The van der Waals surface area contributed by atoms with Crippen molar-refractivity contribution >= 4 is 21.5 Å². The van der Waals surface area contributed by atoms with E-state index in [2.05, 4.69) is 0 Å². The second-order valence-electron chi connectivity index (χ2n) is 5.45. The molecule has 3 aromatic rings. The van der Waals surface area contributed by atoms with Gasteiger partial charge >= 0.3 is 173 Å². The summed E-state index contributed by atoms with van der Waals surface area (Å²) in [6, 6.07) is 22.1. The number of para-hydroxylation sites is 6. The summed E-state index contributed by atoms with van der Waals surface area (Å²) in [6.45, 7) is 0. The van der Waals surface area contributed by atoms with E-state index in [4.69, 9.17) is 23.3 Å². The first kappa shape index (κ1) is 20.0. The molecule has 0 radical (unpaired) electrons. The van der Waals surface area contributed by atoms with Crippen LogP contribution in [0.2, 0.25) is 0 Å². The standard InChI is InChI=1S/3C7H8O2.Sb/c3*1-9-7-5-3-2-4-6(7)8;/h3*2-5,8H,1H3;/q;;;+3/p-3. The maximum atomic E-state index is 6.15. The average molecular weight is 491 g/mol. The van der Waals surface area contributed by atoms with Crippen LogP contribution in [0, 0.1) is 0 Å². The van der Waals surface area contributed by atoms with Crippen LogP contribution in [-0.2, 0) is 0 Å². The molecule has 0 aliphatic heterocycles. The molecule has 0 atom stereocenters. The molecule has 0 saturated carbocycles. The van der Waals surface area contributed by atoms with E-state index in [-0.39, 0.29) is 0 Å². The van der Waals surface area contributed by atoms with Crippen molar-refractivity contribution in [1.29, 1.82) is 0 Å². The van der Waals surface area contributed by atoms with E-state index in [1.165, 1.54) is 0 Å². The topological polar surface area (TPSA) is 55.4 Å². The fraction of sp³-hybridized carbons (Fsp3) is 0.143. The van der Waals surface area contributed by atoms with Crippen molar-refractivity contribution in [2.24, 2.45) is 0 Å². The van der Waals surface area contributed by atoms with Crippen LogP contribution < -0.4 is 23.3 Å². The molecule has 0 saturated heterocycles. The number of methoxy groups -OCH3 is 3. The first-order chi connectivity index (χ1) is 13.7. The van der Waals surface area contributed by atoms with E-state index in [0.29, 0.717) is 34.5 Å². The molecule has 0 fully saturated rings. The molecule has 0 spiro atoms. The Morgan fingerprint density at radius 1 is 0.429 bits per heavy atom. The summed E-state index contributed by atoms with van der Waals surface area (Å²) in [5, 5.41) is 0. The molecule has 0 aliphatic carbocycles. The summed E-state index contributed by atoms with van der Waals surface area (Å²) >= 11 is -3.31. The summed E-state index contributed by atoms with van der Waals surface area (Å²) < 4.78 is 34.6. The second kappa shape index (κ2) is 10.00. The van der Waals surface area contributed by atoms with Crippen molar-refractivity contribution in [3.05, 3.63) is 72.8 Å². The molecule has 0 aromatic heterocycles. The first-order valence-electron chi connectivity index (χ1n) is 8.48. The van der Waals surface area contributed by atoms with Crippen molar-refractivity contribution in [3.63, 3.8) is 0 Å². The van der Waals surface area contributed by atoms with E-state index in [0.717, 1.165) is 0 Å². The van der Waals surface area contributed by atoms with E-state index in [9.17, 15) is 0 Å². The molecular weight excluding hydrogens is 470 g/mol. The molecule has 146 valence electrons. The molecule has 6 nitrogen and oxygen atoms in total. The van der Waals surface area contributed by atoms with Gasteiger partial charge in [0.2, 0.25) is 0 Å². The molecule has 0 N–H and O–H groups in total. The number of hydrogen-bond acceptors (Lipinski definition) is 6. The van der Waals surface area contributed by atoms with E-state index in [1.807, 2.05) is 72.8 Å². The third-order valence-electron chi connectivity index (χ3n) is 3.73. The van der Waals surface area contributed by atoms with Gasteiger partial charge in [0, 0.05) is 0 Å². The monoisotopic (exact) mass is 490 g/mol. The van der Waals surface area contributed by atoms with Crippen molar-refractivity contribution in [2.45, 2.75) is 0 Å². The van der Waals surface area contributed by atoms with Crippen LogP contribution in [-0.4, -0.2) is 42.8 Å². The summed E-state index contributed by atoms with van der Waals surface area (Å²) in [6.07, 6.45) is 0. The van der Waals surface area contributed by atoms with Gasteiger partial charge in [-0.25, -0.2) is 0 Å². The molecule has 3 rings (SSSR count).